The quantitative estimate of drug-likeness (QED) is 0.632. The average Bonchev–Trinajstić information content (AvgIpc) is 2.86. The predicted molar refractivity (Wildman–Crippen MR) is 101 cm³/mol. The Labute approximate surface area is 154 Å². The van der Waals surface area contributed by atoms with Crippen molar-refractivity contribution in [2.45, 2.75) is 23.6 Å². The fourth-order valence-electron chi connectivity index (χ4n) is 2.54. The summed E-state index contributed by atoms with van der Waals surface area (Å²) < 4.78 is 28.0. The number of nitrogen functional groups attached to an aromatic ring is 2. The molecule has 1 aromatic heterocycles. The van der Waals surface area contributed by atoms with Gasteiger partial charge in [0.2, 0.25) is 9.84 Å². The van der Waals surface area contributed by atoms with Crippen LogP contribution in [0.5, 0.6) is 0 Å². The largest absolute Gasteiger partial charge is 0.398 e. The molecular weight excluding hydrogens is 404 g/mol. The highest BCUT2D eigenvalue weighted by molar-refractivity contribution is 9.10. The van der Waals surface area contributed by atoms with E-state index in [1.807, 2.05) is 31.2 Å². The lowest BCUT2D eigenvalue weighted by atomic mass is 10.2. The molecule has 0 fully saturated rings. The number of anilines is 2. The highest BCUT2D eigenvalue weighted by Gasteiger charge is 2.28. The lowest BCUT2D eigenvalue weighted by Crippen LogP contribution is -2.08. The molecule has 25 heavy (non-hydrogen) atoms. The number of nitrogens with two attached hydrogens (primary N) is 2. The summed E-state index contributed by atoms with van der Waals surface area (Å²) in [6, 6.07) is 12.0. The molecule has 2 aromatic carbocycles. The number of aryl methyl sites for hydroxylation is 2. The second-order valence-electron chi connectivity index (χ2n) is 5.73. The minimum Gasteiger partial charge on any atom is -0.398 e. The molecule has 0 aliphatic carbocycles. The Morgan fingerprint density at radius 3 is 2.28 bits per heavy atom. The van der Waals surface area contributed by atoms with Gasteiger partial charge in [-0.3, -0.25) is 0 Å². The van der Waals surface area contributed by atoms with Crippen LogP contribution in [0, 0.1) is 13.8 Å². The normalized spacial score (nSPS) is 11.6. The Kier molecular flexibility index (Phi) is 4.34. The van der Waals surface area contributed by atoms with Crippen LogP contribution in [0.4, 0.5) is 11.5 Å². The zero-order chi connectivity index (χ0) is 18.4. The number of rotatable bonds is 3. The maximum Gasteiger partial charge on any atom is 0.212 e. The fraction of sp³-hybridized carbons (Fsp3) is 0.118. The van der Waals surface area contributed by atoms with E-state index in [2.05, 4.69) is 21.0 Å². The highest BCUT2D eigenvalue weighted by Crippen LogP contribution is 2.33. The van der Waals surface area contributed by atoms with E-state index in [1.165, 1.54) is 22.9 Å². The van der Waals surface area contributed by atoms with Crippen LogP contribution in [-0.4, -0.2) is 18.2 Å². The number of aromatic nitrogens is 2. The Morgan fingerprint density at radius 2 is 1.68 bits per heavy atom. The van der Waals surface area contributed by atoms with Crippen molar-refractivity contribution in [1.29, 1.82) is 0 Å². The minimum absolute atomic E-state index is 0.00439. The molecule has 1 heterocycles. The molecule has 3 aromatic rings. The van der Waals surface area contributed by atoms with Gasteiger partial charge in [0, 0.05) is 10.2 Å². The number of hydrogen-bond acceptors (Lipinski definition) is 5. The van der Waals surface area contributed by atoms with Gasteiger partial charge >= 0.3 is 0 Å². The summed E-state index contributed by atoms with van der Waals surface area (Å²) in [7, 11) is -3.83. The van der Waals surface area contributed by atoms with Gasteiger partial charge < -0.3 is 11.5 Å². The maximum absolute atomic E-state index is 13.0. The van der Waals surface area contributed by atoms with E-state index >= 15 is 0 Å². The molecule has 130 valence electrons. The Morgan fingerprint density at radius 1 is 1.04 bits per heavy atom. The van der Waals surface area contributed by atoms with Crippen LogP contribution in [-0.2, 0) is 9.84 Å². The van der Waals surface area contributed by atoms with Crippen molar-refractivity contribution in [1.82, 2.24) is 9.78 Å². The monoisotopic (exact) mass is 420 g/mol. The summed E-state index contributed by atoms with van der Waals surface area (Å²) in [5.41, 5.74) is 14.5. The number of nitrogens with zero attached hydrogens (tertiary/aromatic N) is 2. The Bertz CT molecular complexity index is 1060. The molecule has 0 amide bonds. The number of halogens is 1. The first-order valence-corrected chi connectivity index (χ1v) is 9.71. The third kappa shape index (κ3) is 3.03. The molecule has 0 aliphatic heterocycles. The van der Waals surface area contributed by atoms with E-state index in [0.29, 0.717) is 21.5 Å². The van der Waals surface area contributed by atoms with Crippen LogP contribution < -0.4 is 11.5 Å². The van der Waals surface area contributed by atoms with Gasteiger partial charge in [0.1, 0.15) is 10.7 Å². The zero-order valence-electron chi connectivity index (χ0n) is 13.7. The molecule has 0 spiro atoms. The fourth-order valence-corrected chi connectivity index (χ4v) is 4.62. The van der Waals surface area contributed by atoms with Crippen molar-refractivity contribution in [3.8, 4) is 5.69 Å². The van der Waals surface area contributed by atoms with Crippen LogP contribution >= 0.6 is 15.9 Å². The van der Waals surface area contributed by atoms with Crippen LogP contribution in [0.25, 0.3) is 5.69 Å². The average molecular weight is 421 g/mol. The lowest BCUT2D eigenvalue weighted by molar-refractivity contribution is 0.596. The molecule has 0 saturated carbocycles. The molecule has 8 heteroatoms. The van der Waals surface area contributed by atoms with Gasteiger partial charge in [0.15, 0.2) is 0 Å². The van der Waals surface area contributed by atoms with Crippen LogP contribution in [0.1, 0.15) is 11.3 Å². The summed E-state index contributed by atoms with van der Waals surface area (Å²) in [6.07, 6.45) is 0. The first-order chi connectivity index (χ1) is 11.7. The topological polar surface area (TPSA) is 104 Å². The van der Waals surface area contributed by atoms with E-state index < -0.39 is 9.84 Å². The molecular formula is C17H17BrN4O2S. The number of sulfone groups is 1. The van der Waals surface area contributed by atoms with Crippen LogP contribution in [0.3, 0.4) is 0 Å². The maximum atomic E-state index is 13.0. The molecule has 0 unspecified atom stereocenters. The van der Waals surface area contributed by atoms with Gasteiger partial charge in [-0.1, -0.05) is 17.7 Å². The second-order valence-corrected chi connectivity index (χ2v) is 8.47. The van der Waals surface area contributed by atoms with E-state index in [-0.39, 0.29) is 15.6 Å². The van der Waals surface area contributed by atoms with E-state index in [4.69, 9.17) is 11.5 Å². The van der Waals surface area contributed by atoms with Gasteiger partial charge in [-0.15, -0.1) is 0 Å². The molecule has 0 saturated heterocycles. The standard InChI is InChI=1S/C17H17BrN4O2S/c1-10-3-5-12(6-4-10)22-17(20)16(11(2)21-22)25(23,24)13-7-8-15(19)14(18)9-13/h3-9H,19-20H2,1-2H3. The minimum atomic E-state index is -3.83. The van der Waals surface area contributed by atoms with Gasteiger partial charge in [0.05, 0.1) is 16.3 Å². The summed E-state index contributed by atoms with van der Waals surface area (Å²) in [4.78, 5) is 0.108. The molecule has 6 nitrogen and oxygen atoms in total. The molecule has 0 bridgehead atoms. The third-order valence-corrected chi connectivity index (χ3v) is 6.47. The van der Waals surface area contributed by atoms with Crippen molar-refractivity contribution in [2.24, 2.45) is 0 Å². The summed E-state index contributed by atoms with van der Waals surface area (Å²) in [5, 5.41) is 4.32. The smallest absolute Gasteiger partial charge is 0.212 e. The van der Waals surface area contributed by atoms with Crippen molar-refractivity contribution < 1.29 is 8.42 Å². The first kappa shape index (κ1) is 17.5. The van der Waals surface area contributed by atoms with E-state index in [9.17, 15) is 8.42 Å². The predicted octanol–water partition coefficient (Wildman–Crippen LogP) is 3.25. The number of benzene rings is 2. The van der Waals surface area contributed by atoms with Gasteiger partial charge in [-0.25, -0.2) is 13.1 Å². The van der Waals surface area contributed by atoms with Gasteiger partial charge in [-0.2, -0.15) is 5.10 Å². The van der Waals surface area contributed by atoms with Crippen molar-refractivity contribution >= 4 is 37.3 Å². The summed E-state index contributed by atoms with van der Waals surface area (Å²) >= 11 is 3.26. The molecule has 0 atom stereocenters. The van der Waals surface area contributed by atoms with Crippen molar-refractivity contribution in [2.75, 3.05) is 11.5 Å². The molecule has 0 radical (unpaired) electrons. The Balaban J connectivity index is 2.17. The van der Waals surface area contributed by atoms with Crippen molar-refractivity contribution in [3.05, 3.63) is 58.2 Å². The first-order valence-electron chi connectivity index (χ1n) is 7.44. The van der Waals surface area contributed by atoms with E-state index in [1.54, 1.807) is 6.92 Å². The van der Waals surface area contributed by atoms with Gasteiger partial charge in [-0.05, 0) is 60.1 Å². The van der Waals surface area contributed by atoms with Crippen molar-refractivity contribution in [3.63, 3.8) is 0 Å². The molecule has 4 N–H and O–H groups in total. The SMILES string of the molecule is Cc1ccc(-n2nc(C)c(S(=O)(=O)c3ccc(N)c(Br)c3)c2N)cc1. The van der Waals surface area contributed by atoms with Crippen LogP contribution in [0.15, 0.2) is 56.7 Å². The van der Waals surface area contributed by atoms with E-state index in [0.717, 1.165) is 5.56 Å². The van der Waals surface area contributed by atoms with Gasteiger partial charge in [0.25, 0.3) is 0 Å². The highest BCUT2D eigenvalue weighted by atomic mass is 79.9. The number of hydrogen-bond donors (Lipinski definition) is 2. The third-order valence-electron chi connectivity index (χ3n) is 3.87. The summed E-state index contributed by atoms with van der Waals surface area (Å²) in [6.45, 7) is 3.59. The zero-order valence-corrected chi connectivity index (χ0v) is 16.1. The Hall–Kier alpha value is -2.32. The lowest BCUT2D eigenvalue weighted by Gasteiger charge is -2.08. The molecule has 3 rings (SSSR count). The molecule has 0 aliphatic rings. The second kappa shape index (κ2) is 6.20. The van der Waals surface area contributed by atoms with Crippen LogP contribution in [0.2, 0.25) is 0 Å². The summed E-state index contributed by atoms with van der Waals surface area (Å²) in [5.74, 6) is 0.0781.